The first-order chi connectivity index (χ1) is 12.7. The predicted octanol–water partition coefficient (Wildman–Crippen LogP) is 2.29. The van der Waals surface area contributed by atoms with Crippen molar-refractivity contribution >= 4 is 5.91 Å². The molecule has 2 fully saturated rings. The lowest BCUT2D eigenvalue weighted by molar-refractivity contribution is -0.174. The molecule has 6 nitrogen and oxygen atoms in total. The zero-order valence-corrected chi connectivity index (χ0v) is 14.7. The fraction of sp³-hybridized carbons (Fsp3) is 0.450. The van der Waals surface area contributed by atoms with E-state index in [4.69, 9.17) is 4.74 Å². The maximum absolute atomic E-state index is 12.8. The first-order valence-corrected chi connectivity index (χ1v) is 9.15. The molecule has 1 aromatic heterocycles. The van der Waals surface area contributed by atoms with Gasteiger partial charge in [-0.15, -0.1) is 0 Å². The van der Waals surface area contributed by atoms with Crippen LogP contribution in [0.2, 0.25) is 0 Å². The monoisotopic (exact) mass is 353 g/mol. The van der Waals surface area contributed by atoms with Crippen LogP contribution < -0.4 is 0 Å². The Balaban J connectivity index is 1.42. The lowest BCUT2D eigenvalue weighted by Crippen LogP contribution is -2.56. The van der Waals surface area contributed by atoms with E-state index in [0.717, 1.165) is 24.0 Å². The van der Waals surface area contributed by atoms with Crippen molar-refractivity contribution in [3.8, 4) is 11.1 Å². The van der Waals surface area contributed by atoms with Crippen molar-refractivity contribution in [3.05, 3.63) is 48.5 Å². The van der Waals surface area contributed by atoms with Gasteiger partial charge in [0.25, 0.3) is 5.91 Å². The molecule has 4 rings (SSSR count). The minimum atomic E-state index is -0.452. The summed E-state index contributed by atoms with van der Waals surface area (Å²) in [6, 6.07) is 7.54. The van der Waals surface area contributed by atoms with Crippen LogP contribution in [0.3, 0.4) is 0 Å². The molecule has 2 aliphatic heterocycles. The van der Waals surface area contributed by atoms with Crippen LogP contribution in [0, 0.1) is 0 Å². The topological polar surface area (TPSA) is 75.6 Å². The Kier molecular flexibility index (Phi) is 4.70. The number of hydrogen-bond acceptors (Lipinski definition) is 5. The van der Waals surface area contributed by atoms with Crippen molar-refractivity contribution in [1.82, 2.24) is 14.9 Å². The van der Waals surface area contributed by atoms with Gasteiger partial charge in [0.1, 0.15) is 6.33 Å². The summed E-state index contributed by atoms with van der Waals surface area (Å²) in [5, 5.41) is 10.3. The number of nitrogens with zero attached hydrogens (tertiary/aromatic N) is 3. The van der Waals surface area contributed by atoms with Crippen molar-refractivity contribution in [2.75, 3.05) is 19.7 Å². The average molecular weight is 353 g/mol. The first-order valence-electron chi connectivity index (χ1n) is 9.15. The molecule has 1 N–H and O–H groups in total. The van der Waals surface area contributed by atoms with Gasteiger partial charge in [0, 0.05) is 43.2 Å². The number of aromatic nitrogens is 2. The van der Waals surface area contributed by atoms with Gasteiger partial charge in [-0.25, -0.2) is 9.97 Å². The number of hydrogen-bond donors (Lipinski definition) is 1. The van der Waals surface area contributed by atoms with Gasteiger partial charge < -0.3 is 14.7 Å². The molecule has 0 bridgehead atoms. The van der Waals surface area contributed by atoms with Crippen molar-refractivity contribution in [2.24, 2.45) is 0 Å². The Morgan fingerprint density at radius 1 is 1.12 bits per heavy atom. The van der Waals surface area contributed by atoms with Crippen LogP contribution in [0.15, 0.2) is 43.0 Å². The van der Waals surface area contributed by atoms with Crippen LogP contribution >= 0.6 is 0 Å². The second-order valence-corrected chi connectivity index (χ2v) is 7.07. The van der Waals surface area contributed by atoms with Gasteiger partial charge in [-0.2, -0.15) is 0 Å². The molecular weight excluding hydrogens is 330 g/mol. The number of carbonyl (C=O) groups is 1. The fourth-order valence-electron chi connectivity index (χ4n) is 3.91. The maximum Gasteiger partial charge on any atom is 0.253 e. The second-order valence-electron chi connectivity index (χ2n) is 7.07. The number of piperidine rings is 1. The average Bonchev–Trinajstić information content (AvgIpc) is 2.71. The van der Waals surface area contributed by atoms with Gasteiger partial charge in [0.2, 0.25) is 0 Å². The van der Waals surface area contributed by atoms with E-state index >= 15 is 0 Å². The highest BCUT2D eigenvalue weighted by molar-refractivity contribution is 5.94. The van der Waals surface area contributed by atoms with Crippen LogP contribution in [0.4, 0.5) is 0 Å². The molecule has 6 heteroatoms. The zero-order chi connectivity index (χ0) is 18.0. The molecule has 2 aromatic rings. The van der Waals surface area contributed by atoms with Gasteiger partial charge in [0.15, 0.2) is 0 Å². The van der Waals surface area contributed by atoms with Crippen molar-refractivity contribution < 1.29 is 14.6 Å². The number of likely N-dealkylation sites (tertiary alicyclic amines) is 1. The molecule has 1 aromatic carbocycles. The summed E-state index contributed by atoms with van der Waals surface area (Å²) >= 11 is 0. The first kappa shape index (κ1) is 17.1. The van der Waals surface area contributed by atoms with Crippen LogP contribution in [-0.2, 0) is 4.74 Å². The van der Waals surface area contributed by atoms with Crippen molar-refractivity contribution in [1.29, 1.82) is 0 Å². The number of ether oxygens (including phenoxy) is 1. The van der Waals surface area contributed by atoms with Crippen LogP contribution in [0.25, 0.3) is 11.1 Å². The number of carbonyl (C=O) groups excluding carboxylic acids is 1. The van der Waals surface area contributed by atoms with E-state index in [2.05, 4.69) is 9.97 Å². The molecule has 26 heavy (non-hydrogen) atoms. The number of aliphatic hydroxyl groups excluding tert-OH is 1. The molecular formula is C20H23N3O3. The molecule has 1 atom stereocenters. The van der Waals surface area contributed by atoms with E-state index in [1.54, 1.807) is 12.4 Å². The predicted molar refractivity (Wildman–Crippen MR) is 96.5 cm³/mol. The molecule has 2 aliphatic rings. The third kappa shape index (κ3) is 3.22. The van der Waals surface area contributed by atoms with Crippen LogP contribution in [0.5, 0.6) is 0 Å². The molecule has 136 valence electrons. The smallest absolute Gasteiger partial charge is 0.253 e. The third-order valence-electron chi connectivity index (χ3n) is 5.54. The Hall–Kier alpha value is -2.31. The standard InChI is InChI=1S/C20H23N3O3/c24-18-2-1-11-26-20(18)7-9-23(10-8-20)19(25)16-5-3-15(4-6-16)17-12-21-14-22-13-17/h3-6,12-14,18,24H,1-2,7-11H2/t18-/m1/s1. The van der Waals surface area contributed by atoms with E-state index in [1.807, 2.05) is 29.2 Å². The molecule has 0 saturated carbocycles. The highest BCUT2D eigenvalue weighted by Crippen LogP contribution is 2.35. The summed E-state index contributed by atoms with van der Waals surface area (Å²) in [5.41, 5.74) is 2.13. The molecule has 2 saturated heterocycles. The zero-order valence-electron chi connectivity index (χ0n) is 14.7. The van der Waals surface area contributed by atoms with Gasteiger partial charge in [0.05, 0.1) is 11.7 Å². The number of benzene rings is 1. The largest absolute Gasteiger partial charge is 0.390 e. The van der Waals surface area contributed by atoms with E-state index < -0.39 is 11.7 Å². The summed E-state index contributed by atoms with van der Waals surface area (Å²) < 4.78 is 5.92. The second kappa shape index (κ2) is 7.13. The number of amides is 1. The highest BCUT2D eigenvalue weighted by Gasteiger charge is 2.44. The van der Waals surface area contributed by atoms with Crippen molar-refractivity contribution in [3.63, 3.8) is 0 Å². The van der Waals surface area contributed by atoms with Gasteiger partial charge in [-0.3, -0.25) is 4.79 Å². The van der Waals surface area contributed by atoms with E-state index in [-0.39, 0.29) is 5.91 Å². The Morgan fingerprint density at radius 3 is 2.46 bits per heavy atom. The maximum atomic E-state index is 12.8. The van der Waals surface area contributed by atoms with Crippen LogP contribution in [0.1, 0.15) is 36.0 Å². The molecule has 3 heterocycles. The lowest BCUT2D eigenvalue weighted by atomic mass is 9.82. The summed E-state index contributed by atoms with van der Waals surface area (Å²) in [6.07, 6.45) is 7.67. The Labute approximate surface area is 152 Å². The van der Waals surface area contributed by atoms with E-state index in [0.29, 0.717) is 38.1 Å². The number of rotatable bonds is 2. The van der Waals surface area contributed by atoms with E-state index in [9.17, 15) is 9.90 Å². The minimum absolute atomic E-state index is 0.0287. The summed E-state index contributed by atoms with van der Waals surface area (Å²) in [4.78, 5) is 22.7. The van der Waals surface area contributed by atoms with Gasteiger partial charge in [-0.1, -0.05) is 12.1 Å². The summed E-state index contributed by atoms with van der Waals surface area (Å²) in [5.74, 6) is 0.0287. The van der Waals surface area contributed by atoms with Crippen molar-refractivity contribution in [2.45, 2.75) is 37.4 Å². The molecule has 0 unspecified atom stereocenters. The fourth-order valence-corrected chi connectivity index (χ4v) is 3.91. The highest BCUT2D eigenvalue weighted by atomic mass is 16.5. The van der Waals surface area contributed by atoms with Gasteiger partial charge in [-0.05, 0) is 43.4 Å². The lowest BCUT2D eigenvalue weighted by Gasteiger charge is -2.46. The minimum Gasteiger partial charge on any atom is -0.390 e. The molecule has 1 spiro atoms. The Morgan fingerprint density at radius 2 is 1.81 bits per heavy atom. The van der Waals surface area contributed by atoms with Gasteiger partial charge >= 0.3 is 0 Å². The molecule has 0 radical (unpaired) electrons. The Bertz CT molecular complexity index is 756. The molecule has 0 aliphatic carbocycles. The SMILES string of the molecule is O=C(c1ccc(-c2cncnc2)cc1)N1CCC2(CC1)OCCC[C@H]2O. The summed E-state index contributed by atoms with van der Waals surface area (Å²) in [7, 11) is 0. The quantitative estimate of drug-likeness (QED) is 0.896. The van der Waals surface area contributed by atoms with E-state index in [1.165, 1.54) is 6.33 Å². The third-order valence-corrected chi connectivity index (χ3v) is 5.54. The normalized spacial score (nSPS) is 22.3. The van der Waals surface area contributed by atoms with Crippen LogP contribution in [-0.4, -0.2) is 57.3 Å². The summed E-state index contributed by atoms with van der Waals surface area (Å²) in [6.45, 7) is 1.93. The number of aliphatic hydroxyl groups is 1. The molecule has 1 amide bonds.